The molecule has 0 atom stereocenters. The average Bonchev–Trinajstić information content (AvgIpc) is 2.75. The van der Waals surface area contributed by atoms with Crippen molar-refractivity contribution < 1.29 is 0 Å². The third kappa shape index (κ3) is 2.47. The molecule has 3 heteroatoms. The minimum Gasteiger partial charge on any atom is -0.331 e. The molecule has 1 heterocycles. The highest BCUT2D eigenvalue weighted by atomic mass is 32.1. The first kappa shape index (κ1) is 12.2. The molecular weight excluding hydrogens is 252 g/mol. The molecule has 3 aromatic rings. The van der Waals surface area contributed by atoms with Crippen LogP contribution in [0, 0.1) is 20.8 Å². The van der Waals surface area contributed by atoms with Crippen LogP contribution in [0.15, 0.2) is 36.4 Å². The van der Waals surface area contributed by atoms with Crippen LogP contribution >= 0.6 is 11.3 Å². The molecule has 3 rings (SSSR count). The number of rotatable bonds is 2. The van der Waals surface area contributed by atoms with Gasteiger partial charge in [-0.1, -0.05) is 29.5 Å². The van der Waals surface area contributed by atoms with E-state index < -0.39 is 0 Å². The molecule has 0 aliphatic carbocycles. The predicted molar refractivity (Wildman–Crippen MR) is 83.6 cm³/mol. The molecule has 0 fully saturated rings. The van der Waals surface area contributed by atoms with Crippen molar-refractivity contribution in [1.29, 1.82) is 0 Å². The van der Waals surface area contributed by atoms with Gasteiger partial charge in [0, 0.05) is 5.69 Å². The van der Waals surface area contributed by atoms with Gasteiger partial charge >= 0.3 is 0 Å². The van der Waals surface area contributed by atoms with Crippen molar-refractivity contribution in [3.63, 3.8) is 0 Å². The molecule has 0 saturated carbocycles. The lowest BCUT2D eigenvalue weighted by Gasteiger charge is -2.07. The molecular formula is C16H16N2S. The van der Waals surface area contributed by atoms with Gasteiger partial charge < -0.3 is 5.32 Å². The van der Waals surface area contributed by atoms with E-state index in [1.54, 1.807) is 11.3 Å². The Morgan fingerprint density at radius 3 is 2.53 bits per heavy atom. The fourth-order valence-electron chi connectivity index (χ4n) is 2.07. The quantitative estimate of drug-likeness (QED) is 0.710. The zero-order valence-corrected chi connectivity index (χ0v) is 12.1. The molecule has 1 N–H and O–H groups in total. The molecule has 0 radical (unpaired) electrons. The second-order valence-electron chi connectivity index (χ2n) is 4.93. The Morgan fingerprint density at radius 1 is 0.947 bits per heavy atom. The smallest absolute Gasteiger partial charge is 0.188 e. The maximum Gasteiger partial charge on any atom is 0.188 e. The maximum absolute atomic E-state index is 4.63. The summed E-state index contributed by atoms with van der Waals surface area (Å²) in [6.45, 7) is 6.32. The second-order valence-corrected chi connectivity index (χ2v) is 5.96. The Kier molecular flexibility index (Phi) is 2.99. The maximum atomic E-state index is 4.63. The van der Waals surface area contributed by atoms with Crippen molar-refractivity contribution in [3.05, 3.63) is 53.1 Å². The molecule has 19 heavy (non-hydrogen) atoms. The van der Waals surface area contributed by atoms with Crippen LogP contribution in [0.1, 0.15) is 16.7 Å². The first-order valence-corrected chi connectivity index (χ1v) is 7.15. The van der Waals surface area contributed by atoms with Gasteiger partial charge in [-0.25, -0.2) is 4.98 Å². The van der Waals surface area contributed by atoms with Gasteiger partial charge in [0.2, 0.25) is 0 Å². The van der Waals surface area contributed by atoms with Crippen LogP contribution in [0.4, 0.5) is 10.8 Å². The van der Waals surface area contributed by atoms with E-state index in [0.29, 0.717) is 0 Å². The topological polar surface area (TPSA) is 24.9 Å². The van der Waals surface area contributed by atoms with E-state index in [1.165, 1.54) is 21.4 Å². The molecule has 1 aromatic heterocycles. The van der Waals surface area contributed by atoms with E-state index >= 15 is 0 Å². The van der Waals surface area contributed by atoms with Crippen LogP contribution in [0.5, 0.6) is 0 Å². The van der Waals surface area contributed by atoms with Gasteiger partial charge in [-0.05, 0) is 55.7 Å². The lowest BCUT2D eigenvalue weighted by Crippen LogP contribution is -1.92. The third-order valence-corrected chi connectivity index (χ3v) is 4.11. The fraction of sp³-hybridized carbons (Fsp3) is 0.188. The number of hydrogen-bond acceptors (Lipinski definition) is 3. The number of hydrogen-bond donors (Lipinski definition) is 1. The lowest BCUT2D eigenvalue weighted by atomic mass is 10.1. The monoisotopic (exact) mass is 268 g/mol. The summed E-state index contributed by atoms with van der Waals surface area (Å²) in [7, 11) is 0. The van der Waals surface area contributed by atoms with Gasteiger partial charge in [0.15, 0.2) is 5.13 Å². The van der Waals surface area contributed by atoms with Crippen LogP contribution in [0.25, 0.3) is 10.2 Å². The zero-order valence-electron chi connectivity index (χ0n) is 11.3. The minimum atomic E-state index is 0.953. The summed E-state index contributed by atoms with van der Waals surface area (Å²) in [6.07, 6.45) is 0. The summed E-state index contributed by atoms with van der Waals surface area (Å²) < 4.78 is 1.23. The summed E-state index contributed by atoms with van der Waals surface area (Å²) in [6, 6.07) is 12.8. The number of anilines is 2. The molecule has 2 aromatic carbocycles. The van der Waals surface area contributed by atoms with E-state index in [-0.39, 0.29) is 0 Å². The Bertz CT molecular complexity index is 744. The Balaban J connectivity index is 1.98. The summed E-state index contributed by atoms with van der Waals surface area (Å²) >= 11 is 1.70. The van der Waals surface area contributed by atoms with Gasteiger partial charge in [-0.3, -0.25) is 0 Å². The largest absolute Gasteiger partial charge is 0.331 e. The molecule has 0 bridgehead atoms. The summed E-state index contributed by atoms with van der Waals surface area (Å²) in [4.78, 5) is 4.63. The molecule has 0 amide bonds. The molecule has 0 spiro atoms. The third-order valence-electron chi connectivity index (χ3n) is 3.18. The number of benzene rings is 2. The summed E-state index contributed by atoms with van der Waals surface area (Å²) in [5, 5.41) is 4.38. The fourth-order valence-corrected chi connectivity index (χ4v) is 3.05. The van der Waals surface area contributed by atoms with Crippen LogP contribution in [0.2, 0.25) is 0 Å². The van der Waals surface area contributed by atoms with Crippen LogP contribution in [0.3, 0.4) is 0 Å². The number of nitrogens with one attached hydrogen (secondary N) is 1. The van der Waals surface area contributed by atoms with E-state index in [0.717, 1.165) is 16.3 Å². The van der Waals surface area contributed by atoms with Crippen molar-refractivity contribution in [1.82, 2.24) is 4.98 Å². The Labute approximate surface area is 117 Å². The highest BCUT2D eigenvalue weighted by molar-refractivity contribution is 7.22. The molecule has 96 valence electrons. The van der Waals surface area contributed by atoms with E-state index in [9.17, 15) is 0 Å². The van der Waals surface area contributed by atoms with Gasteiger partial charge in [0.1, 0.15) is 0 Å². The highest BCUT2D eigenvalue weighted by Gasteiger charge is 2.05. The van der Waals surface area contributed by atoms with Crippen molar-refractivity contribution in [3.8, 4) is 0 Å². The van der Waals surface area contributed by atoms with Crippen molar-refractivity contribution in [2.24, 2.45) is 0 Å². The second kappa shape index (κ2) is 4.67. The summed E-state index contributed by atoms with van der Waals surface area (Å²) in [5.41, 5.74) is 5.96. The number of thiazole rings is 1. The van der Waals surface area contributed by atoms with Gasteiger partial charge in [-0.2, -0.15) is 0 Å². The normalized spacial score (nSPS) is 10.9. The van der Waals surface area contributed by atoms with Gasteiger partial charge in [-0.15, -0.1) is 0 Å². The Morgan fingerprint density at radius 2 is 1.68 bits per heavy atom. The highest BCUT2D eigenvalue weighted by Crippen LogP contribution is 2.30. The van der Waals surface area contributed by atoms with E-state index in [2.05, 4.69) is 67.5 Å². The Hall–Kier alpha value is -1.87. The van der Waals surface area contributed by atoms with Crippen molar-refractivity contribution in [2.75, 3.05) is 5.32 Å². The lowest BCUT2D eigenvalue weighted by molar-refractivity contribution is 1.36. The zero-order chi connectivity index (χ0) is 13.4. The number of aromatic nitrogens is 1. The molecule has 0 aliphatic heterocycles. The first-order valence-electron chi connectivity index (χ1n) is 6.33. The molecule has 0 aliphatic rings. The van der Waals surface area contributed by atoms with Gasteiger partial charge in [0.25, 0.3) is 0 Å². The molecule has 0 saturated heterocycles. The number of aryl methyl sites for hydroxylation is 3. The van der Waals surface area contributed by atoms with Crippen LogP contribution < -0.4 is 5.32 Å². The molecule has 0 unspecified atom stereocenters. The van der Waals surface area contributed by atoms with E-state index in [4.69, 9.17) is 0 Å². The predicted octanol–water partition coefficient (Wildman–Crippen LogP) is 4.97. The van der Waals surface area contributed by atoms with Crippen molar-refractivity contribution in [2.45, 2.75) is 20.8 Å². The summed E-state index contributed by atoms with van der Waals surface area (Å²) in [5.74, 6) is 0. The average molecular weight is 268 g/mol. The van der Waals surface area contributed by atoms with Gasteiger partial charge in [0.05, 0.1) is 10.2 Å². The van der Waals surface area contributed by atoms with Crippen molar-refractivity contribution >= 4 is 32.4 Å². The standard InChI is InChI=1S/C16H16N2S/c1-10-4-6-12(3)14(8-10)18-16-17-13-7-5-11(2)9-15(13)19-16/h4-9H,1-3H3,(H,17,18). The minimum absolute atomic E-state index is 0.953. The van der Waals surface area contributed by atoms with Crippen LogP contribution in [-0.4, -0.2) is 4.98 Å². The molecule has 2 nitrogen and oxygen atoms in total. The van der Waals surface area contributed by atoms with Crippen LogP contribution in [-0.2, 0) is 0 Å². The SMILES string of the molecule is Cc1ccc(C)c(Nc2nc3ccc(C)cc3s2)c1. The number of nitrogens with zero attached hydrogens (tertiary/aromatic N) is 1. The van der Waals surface area contributed by atoms with E-state index in [1.807, 2.05) is 0 Å². The first-order chi connectivity index (χ1) is 9.11. The number of fused-ring (bicyclic) bond motifs is 1.